The van der Waals surface area contributed by atoms with Gasteiger partial charge in [0.2, 0.25) is 5.91 Å². The standard InChI is InChI=1S/C11H22N2O.C10H22N2.2Y/c1-11(2,3)6-5-10(14)13-8-7-12(4)9-13;1-10(2,3)5-6-12-8-7-11(4)9-12;;/h5-9H2,1-4H3;5-9H2,1-4H3;;. The Morgan fingerprint density at radius 3 is 1.64 bits per heavy atom. The van der Waals surface area contributed by atoms with Gasteiger partial charge in [-0.15, -0.1) is 0 Å². The van der Waals surface area contributed by atoms with Crippen molar-refractivity contribution < 1.29 is 70.2 Å². The van der Waals surface area contributed by atoms with Crippen LogP contribution in [0.1, 0.15) is 60.8 Å². The van der Waals surface area contributed by atoms with Crippen molar-refractivity contribution in [3.8, 4) is 0 Å². The van der Waals surface area contributed by atoms with Gasteiger partial charge in [-0.05, 0) is 44.3 Å². The van der Waals surface area contributed by atoms with Crippen molar-refractivity contribution in [3.05, 3.63) is 0 Å². The average molecular weight is 546 g/mol. The molecule has 28 heavy (non-hydrogen) atoms. The van der Waals surface area contributed by atoms with Crippen LogP contribution in [0.15, 0.2) is 0 Å². The first-order valence-corrected chi connectivity index (χ1v) is 10.2. The van der Waals surface area contributed by atoms with Crippen LogP contribution in [0.25, 0.3) is 0 Å². The number of amides is 1. The summed E-state index contributed by atoms with van der Waals surface area (Å²) in [4.78, 5) is 20.8. The average Bonchev–Trinajstić information content (AvgIpc) is 3.10. The Morgan fingerprint density at radius 2 is 1.25 bits per heavy atom. The molecule has 2 heterocycles. The molecule has 160 valence electrons. The maximum atomic E-state index is 11.7. The van der Waals surface area contributed by atoms with Gasteiger partial charge in [-0.2, -0.15) is 0 Å². The largest absolute Gasteiger partial charge is 0.328 e. The second-order valence-electron chi connectivity index (χ2n) is 10.6. The summed E-state index contributed by atoms with van der Waals surface area (Å²) in [7, 11) is 4.24. The molecule has 0 spiro atoms. The molecule has 0 unspecified atom stereocenters. The predicted octanol–water partition coefficient (Wildman–Crippen LogP) is 3.17. The van der Waals surface area contributed by atoms with E-state index in [4.69, 9.17) is 0 Å². The predicted molar refractivity (Wildman–Crippen MR) is 111 cm³/mol. The first-order chi connectivity index (χ1) is 11.9. The Morgan fingerprint density at radius 1 is 0.750 bits per heavy atom. The van der Waals surface area contributed by atoms with E-state index in [1.807, 2.05) is 4.90 Å². The molecule has 0 aromatic heterocycles. The second kappa shape index (κ2) is 14.6. The van der Waals surface area contributed by atoms with E-state index in [2.05, 4.69) is 70.3 Å². The summed E-state index contributed by atoms with van der Waals surface area (Å²) in [5.74, 6) is 0.310. The Labute approximate surface area is 225 Å². The topological polar surface area (TPSA) is 30.0 Å². The molecule has 0 aromatic rings. The molecule has 0 aromatic carbocycles. The minimum atomic E-state index is 0. The number of hydrogen-bond donors (Lipinski definition) is 0. The fourth-order valence-corrected chi connectivity index (χ4v) is 3.04. The zero-order valence-corrected chi connectivity index (χ0v) is 25.6. The molecular formula is C21H44N4OY2. The fraction of sp³-hybridized carbons (Fsp3) is 0.952. The van der Waals surface area contributed by atoms with Crippen LogP contribution in [0.4, 0.5) is 0 Å². The van der Waals surface area contributed by atoms with Crippen molar-refractivity contribution in [2.45, 2.75) is 60.8 Å². The number of hydrogen-bond acceptors (Lipinski definition) is 4. The Hall–Kier alpha value is 1.56. The van der Waals surface area contributed by atoms with Crippen molar-refractivity contribution in [1.82, 2.24) is 19.6 Å². The zero-order chi connectivity index (χ0) is 20.0. The van der Waals surface area contributed by atoms with Gasteiger partial charge in [-0.1, -0.05) is 41.5 Å². The van der Waals surface area contributed by atoms with Crippen molar-refractivity contribution in [2.24, 2.45) is 10.8 Å². The minimum absolute atomic E-state index is 0. The summed E-state index contributed by atoms with van der Waals surface area (Å²) in [6, 6.07) is 0. The molecule has 0 aliphatic carbocycles. The number of rotatable bonds is 4. The van der Waals surface area contributed by atoms with Crippen LogP contribution in [0.5, 0.6) is 0 Å². The third-order valence-electron chi connectivity index (χ3n) is 5.02. The third kappa shape index (κ3) is 15.4. The Kier molecular flexibility index (Phi) is 16.5. The second-order valence-corrected chi connectivity index (χ2v) is 10.6. The van der Waals surface area contributed by atoms with Crippen molar-refractivity contribution >= 4 is 5.91 Å². The van der Waals surface area contributed by atoms with Crippen LogP contribution in [-0.2, 0) is 70.2 Å². The van der Waals surface area contributed by atoms with Gasteiger partial charge in [0.25, 0.3) is 0 Å². The molecule has 0 N–H and O–H groups in total. The molecule has 2 aliphatic rings. The molecule has 2 radical (unpaired) electrons. The van der Waals surface area contributed by atoms with E-state index in [1.54, 1.807) is 0 Å². The molecule has 2 aliphatic heterocycles. The molecule has 7 heteroatoms. The maximum Gasteiger partial charge on any atom is 0.223 e. The van der Waals surface area contributed by atoms with Gasteiger partial charge in [0.05, 0.1) is 13.3 Å². The van der Waals surface area contributed by atoms with E-state index in [-0.39, 0.29) is 70.8 Å². The van der Waals surface area contributed by atoms with Gasteiger partial charge in [0.1, 0.15) is 0 Å². The van der Waals surface area contributed by atoms with Crippen molar-refractivity contribution in [3.63, 3.8) is 0 Å². The van der Waals surface area contributed by atoms with Crippen LogP contribution in [0.2, 0.25) is 0 Å². The maximum absolute atomic E-state index is 11.7. The smallest absolute Gasteiger partial charge is 0.223 e. The van der Waals surface area contributed by atoms with E-state index in [0.29, 0.717) is 17.7 Å². The number of nitrogens with zero attached hydrogens (tertiary/aromatic N) is 4. The summed E-state index contributed by atoms with van der Waals surface area (Å²) in [5.41, 5.74) is 0.752. The van der Waals surface area contributed by atoms with Crippen LogP contribution >= 0.6 is 0 Å². The number of carbonyl (C=O) groups is 1. The number of carbonyl (C=O) groups excluding carboxylic acids is 1. The fourth-order valence-electron chi connectivity index (χ4n) is 3.04. The summed E-state index contributed by atoms with van der Waals surface area (Å²) in [6.45, 7) is 21.1. The molecule has 1 amide bonds. The van der Waals surface area contributed by atoms with E-state index in [9.17, 15) is 4.79 Å². The van der Waals surface area contributed by atoms with Crippen LogP contribution < -0.4 is 0 Å². The van der Waals surface area contributed by atoms with Gasteiger partial charge in [-0.3, -0.25) is 19.5 Å². The molecule has 5 nitrogen and oxygen atoms in total. The summed E-state index contributed by atoms with van der Waals surface area (Å²) in [5, 5.41) is 0. The monoisotopic (exact) mass is 546 g/mol. The molecule has 0 saturated carbocycles. The van der Waals surface area contributed by atoms with E-state index < -0.39 is 0 Å². The summed E-state index contributed by atoms with van der Waals surface area (Å²) in [6.07, 6.45) is 2.98. The van der Waals surface area contributed by atoms with Gasteiger partial charge in [0.15, 0.2) is 0 Å². The van der Waals surface area contributed by atoms with Crippen molar-refractivity contribution in [1.29, 1.82) is 0 Å². The zero-order valence-electron chi connectivity index (χ0n) is 19.9. The minimum Gasteiger partial charge on any atom is -0.328 e. The summed E-state index contributed by atoms with van der Waals surface area (Å²) < 4.78 is 0. The van der Waals surface area contributed by atoms with Crippen LogP contribution in [-0.4, -0.2) is 85.7 Å². The molecule has 0 bridgehead atoms. The van der Waals surface area contributed by atoms with E-state index in [0.717, 1.165) is 32.8 Å². The normalized spacial score (nSPS) is 18.9. The number of likely N-dealkylation sites (N-methyl/N-ethyl adjacent to an activating group) is 2. The Bertz CT molecular complexity index is 435. The quantitative estimate of drug-likeness (QED) is 0.543. The van der Waals surface area contributed by atoms with Gasteiger partial charge >= 0.3 is 0 Å². The van der Waals surface area contributed by atoms with Gasteiger partial charge in [0, 0.05) is 98.0 Å². The van der Waals surface area contributed by atoms with Gasteiger partial charge in [-0.25, -0.2) is 0 Å². The van der Waals surface area contributed by atoms with Crippen LogP contribution in [0.3, 0.4) is 0 Å². The molecule has 2 saturated heterocycles. The first-order valence-electron chi connectivity index (χ1n) is 10.2. The first kappa shape index (κ1) is 31.7. The molecular weight excluding hydrogens is 502 g/mol. The van der Waals surface area contributed by atoms with E-state index >= 15 is 0 Å². The molecule has 2 fully saturated rings. The van der Waals surface area contributed by atoms with E-state index in [1.165, 1.54) is 26.1 Å². The van der Waals surface area contributed by atoms with Gasteiger partial charge < -0.3 is 4.90 Å². The SMILES string of the molecule is CN1CCN(C(=O)CCC(C)(C)C)C1.CN1CCN(CCC(C)(C)C)C1.[Y].[Y]. The third-order valence-corrected chi connectivity index (χ3v) is 5.02. The summed E-state index contributed by atoms with van der Waals surface area (Å²) >= 11 is 0. The molecule has 2 rings (SSSR count). The van der Waals surface area contributed by atoms with Crippen LogP contribution in [0, 0.1) is 10.8 Å². The van der Waals surface area contributed by atoms with Crippen molar-refractivity contribution in [2.75, 3.05) is 60.2 Å². The Balaban J connectivity index is 0. The molecule has 0 atom stereocenters.